The third-order valence-corrected chi connectivity index (χ3v) is 5.62. The number of hydrogen-bond donors (Lipinski definition) is 0. The van der Waals surface area contributed by atoms with Crippen molar-refractivity contribution in [2.45, 2.75) is 50.2 Å². The quantitative estimate of drug-likeness (QED) is 0.800. The van der Waals surface area contributed by atoms with E-state index in [9.17, 15) is 8.42 Å². The molecule has 4 nitrogen and oxygen atoms in total. The first-order valence-electron chi connectivity index (χ1n) is 6.87. The molecule has 5 heteroatoms. The summed E-state index contributed by atoms with van der Waals surface area (Å²) >= 11 is 0. The lowest BCUT2D eigenvalue weighted by Gasteiger charge is -2.18. The molecular formula is C14H19NO3S. The highest BCUT2D eigenvalue weighted by atomic mass is 32.2. The maximum atomic E-state index is 12.4. The highest BCUT2D eigenvalue weighted by Gasteiger charge is 2.51. The summed E-state index contributed by atoms with van der Waals surface area (Å²) in [5.74, 6) is 0.369. The van der Waals surface area contributed by atoms with E-state index in [4.69, 9.17) is 4.84 Å². The first-order valence-corrected chi connectivity index (χ1v) is 8.31. The van der Waals surface area contributed by atoms with Crippen molar-refractivity contribution in [2.75, 3.05) is 0 Å². The second-order valence-corrected chi connectivity index (χ2v) is 7.25. The summed E-state index contributed by atoms with van der Waals surface area (Å²) in [4.78, 5) is 5.67. The molecule has 2 aliphatic rings. The van der Waals surface area contributed by atoms with Gasteiger partial charge in [0.2, 0.25) is 0 Å². The van der Waals surface area contributed by atoms with Gasteiger partial charge in [-0.1, -0.05) is 37.0 Å². The fourth-order valence-electron chi connectivity index (χ4n) is 2.76. The molecule has 104 valence electrons. The summed E-state index contributed by atoms with van der Waals surface area (Å²) in [5, 5.41) is 0. The highest BCUT2D eigenvalue weighted by Crippen LogP contribution is 2.40. The number of hydroxylamine groups is 1. The lowest BCUT2D eigenvalue weighted by Crippen LogP contribution is -2.21. The highest BCUT2D eigenvalue weighted by molar-refractivity contribution is 7.89. The molecule has 0 amide bonds. The monoisotopic (exact) mass is 281 g/mol. The van der Waals surface area contributed by atoms with Gasteiger partial charge in [0, 0.05) is 5.92 Å². The molecule has 1 aromatic rings. The number of nitrogens with zero attached hydrogens (tertiary/aromatic N) is 1. The normalized spacial score (nSPS) is 28.3. The van der Waals surface area contributed by atoms with Crippen molar-refractivity contribution in [3.05, 3.63) is 29.8 Å². The Morgan fingerprint density at radius 3 is 2.37 bits per heavy atom. The van der Waals surface area contributed by atoms with Gasteiger partial charge in [0.05, 0.1) is 4.90 Å². The molecule has 1 saturated carbocycles. The van der Waals surface area contributed by atoms with Crippen molar-refractivity contribution in [2.24, 2.45) is 5.92 Å². The summed E-state index contributed by atoms with van der Waals surface area (Å²) in [6, 6.07) is 6.91. The SMILES string of the molecule is Cc1ccc(S(=O)(=O)N2OC2C2CCCCC2)cc1. The molecule has 0 bridgehead atoms. The molecule has 1 aliphatic heterocycles. The Morgan fingerprint density at radius 2 is 1.74 bits per heavy atom. The molecule has 3 rings (SSSR count). The van der Waals surface area contributed by atoms with Crippen LogP contribution in [-0.4, -0.2) is 19.1 Å². The van der Waals surface area contributed by atoms with Crippen LogP contribution in [0, 0.1) is 12.8 Å². The summed E-state index contributed by atoms with van der Waals surface area (Å²) in [5.41, 5.74) is 1.05. The predicted molar refractivity (Wildman–Crippen MR) is 71.7 cm³/mol. The zero-order chi connectivity index (χ0) is 13.5. The molecule has 0 radical (unpaired) electrons. The zero-order valence-corrected chi connectivity index (χ0v) is 11.9. The van der Waals surface area contributed by atoms with Gasteiger partial charge >= 0.3 is 0 Å². The van der Waals surface area contributed by atoms with E-state index in [-0.39, 0.29) is 6.23 Å². The van der Waals surface area contributed by atoms with Crippen LogP contribution in [0.5, 0.6) is 0 Å². The molecule has 1 aliphatic carbocycles. The van der Waals surface area contributed by atoms with E-state index in [2.05, 4.69) is 0 Å². The van der Waals surface area contributed by atoms with Crippen LogP contribution in [0.1, 0.15) is 37.7 Å². The van der Waals surface area contributed by atoms with Crippen LogP contribution in [0.4, 0.5) is 0 Å². The molecule has 19 heavy (non-hydrogen) atoms. The van der Waals surface area contributed by atoms with Crippen molar-refractivity contribution < 1.29 is 13.3 Å². The number of benzene rings is 1. The summed E-state index contributed by atoms with van der Waals surface area (Å²) in [6.45, 7) is 1.94. The van der Waals surface area contributed by atoms with Crippen molar-refractivity contribution in [3.8, 4) is 0 Å². The van der Waals surface area contributed by atoms with Gasteiger partial charge in [-0.15, -0.1) is 0 Å². The lowest BCUT2D eigenvalue weighted by molar-refractivity contribution is 0.243. The smallest absolute Gasteiger partial charge is 0.258 e. The minimum absolute atomic E-state index is 0.230. The first kappa shape index (κ1) is 13.1. The summed E-state index contributed by atoms with van der Waals surface area (Å²) < 4.78 is 25.9. The van der Waals surface area contributed by atoms with Crippen LogP contribution in [0.2, 0.25) is 0 Å². The molecule has 1 saturated heterocycles. The number of aryl methyl sites for hydroxylation is 1. The second-order valence-electron chi connectivity index (χ2n) is 5.47. The Kier molecular flexibility index (Phi) is 3.37. The minimum atomic E-state index is -3.47. The van der Waals surface area contributed by atoms with E-state index in [1.165, 1.54) is 23.7 Å². The van der Waals surface area contributed by atoms with Crippen molar-refractivity contribution in [1.82, 2.24) is 4.47 Å². The van der Waals surface area contributed by atoms with Crippen molar-refractivity contribution >= 4 is 10.0 Å². The third-order valence-electron chi connectivity index (χ3n) is 3.98. The summed E-state index contributed by atoms with van der Waals surface area (Å²) in [7, 11) is -3.47. The van der Waals surface area contributed by atoms with Crippen molar-refractivity contribution in [3.63, 3.8) is 0 Å². The molecule has 2 atom stereocenters. The Labute approximate surface area is 114 Å². The topological polar surface area (TPSA) is 49.7 Å². The van der Waals surface area contributed by atoms with E-state index in [1.54, 1.807) is 12.1 Å². The van der Waals surface area contributed by atoms with Gasteiger partial charge in [-0.2, -0.15) is 0 Å². The van der Waals surface area contributed by atoms with Crippen LogP contribution in [0.25, 0.3) is 0 Å². The molecule has 0 spiro atoms. The van der Waals surface area contributed by atoms with Gasteiger partial charge in [0.25, 0.3) is 10.0 Å². The predicted octanol–water partition coefficient (Wildman–Crippen LogP) is 2.84. The maximum absolute atomic E-state index is 12.4. The standard InChI is InChI=1S/C14H19NO3S/c1-11-7-9-13(10-8-11)19(16,17)15-14(18-15)12-5-3-2-4-6-12/h7-10,12,14H,2-6H2,1H3. The Morgan fingerprint density at radius 1 is 1.11 bits per heavy atom. The largest absolute Gasteiger partial charge is 0.267 e. The van der Waals surface area contributed by atoms with Gasteiger partial charge in [-0.05, 0) is 36.4 Å². The van der Waals surface area contributed by atoms with Crippen LogP contribution >= 0.6 is 0 Å². The number of rotatable bonds is 3. The van der Waals surface area contributed by atoms with Crippen LogP contribution in [-0.2, 0) is 14.9 Å². The molecule has 1 heterocycles. The average Bonchev–Trinajstić information content (AvgIpc) is 3.21. The van der Waals surface area contributed by atoms with Crippen LogP contribution < -0.4 is 0 Å². The second kappa shape index (κ2) is 4.89. The molecule has 1 aromatic carbocycles. The van der Waals surface area contributed by atoms with E-state index in [1.807, 2.05) is 19.1 Å². The zero-order valence-electron chi connectivity index (χ0n) is 11.1. The Bertz CT molecular complexity index is 547. The number of sulfonamides is 1. The fourth-order valence-corrected chi connectivity index (χ4v) is 4.10. The van der Waals surface area contributed by atoms with Crippen LogP contribution in [0.3, 0.4) is 0 Å². The molecule has 0 aromatic heterocycles. The minimum Gasteiger partial charge on any atom is -0.258 e. The summed E-state index contributed by atoms with van der Waals surface area (Å²) in [6.07, 6.45) is 5.54. The molecular weight excluding hydrogens is 262 g/mol. The van der Waals surface area contributed by atoms with E-state index in [0.29, 0.717) is 10.8 Å². The van der Waals surface area contributed by atoms with Crippen molar-refractivity contribution in [1.29, 1.82) is 0 Å². The molecule has 0 N–H and O–H groups in total. The van der Waals surface area contributed by atoms with Gasteiger partial charge in [-0.3, -0.25) is 4.84 Å². The van der Waals surface area contributed by atoms with Gasteiger partial charge in [0.1, 0.15) is 0 Å². The maximum Gasteiger partial charge on any atom is 0.267 e. The van der Waals surface area contributed by atoms with Gasteiger partial charge in [0.15, 0.2) is 6.23 Å². The van der Waals surface area contributed by atoms with E-state index < -0.39 is 10.0 Å². The van der Waals surface area contributed by atoms with Crippen LogP contribution in [0.15, 0.2) is 29.2 Å². The van der Waals surface area contributed by atoms with E-state index in [0.717, 1.165) is 18.4 Å². The molecule has 2 unspecified atom stereocenters. The van der Waals surface area contributed by atoms with Gasteiger partial charge < -0.3 is 0 Å². The molecule has 2 fully saturated rings. The van der Waals surface area contributed by atoms with Gasteiger partial charge in [-0.25, -0.2) is 8.42 Å². The average molecular weight is 281 g/mol. The Hall–Kier alpha value is -0.910. The fraction of sp³-hybridized carbons (Fsp3) is 0.571. The number of hydrogen-bond acceptors (Lipinski definition) is 3. The third kappa shape index (κ3) is 2.55. The van der Waals surface area contributed by atoms with E-state index >= 15 is 0 Å². The Balaban J connectivity index is 1.74. The first-order chi connectivity index (χ1) is 9.09. The lowest BCUT2D eigenvalue weighted by atomic mass is 9.89.